The summed E-state index contributed by atoms with van der Waals surface area (Å²) in [5.41, 5.74) is 2.74. The molecule has 0 unspecified atom stereocenters. The maximum atomic E-state index is 2.46. The second-order valence-corrected chi connectivity index (χ2v) is 10.7. The predicted molar refractivity (Wildman–Crippen MR) is 114 cm³/mol. The van der Waals surface area contributed by atoms with Crippen LogP contribution < -0.4 is 10.4 Å². The van der Waals surface area contributed by atoms with Crippen LogP contribution in [0, 0.1) is 13.8 Å². The van der Waals surface area contributed by atoms with Crippen molar-refractivity contribution in [2.24, 2.45) is 0 Å². The molecule has 5 heteroatoms. The van der Waals surface area contributed by atoms with Crippen molar-refractivity contribution in [2.45, 2.75) is 26.9 Å². The Morgan fingerprint density at radius 2 is 1.33 bits per heavy atom. The topological polar surface area (TPSA) is 0 Å². The van der Waals surface area contributed by atoms with Gasteiger partial charge in [0.05, 0.1) is 8.07 Å². The zero-order valence-electron chi connectivity index (χ0n) is 14.4. The minimum atomic E-state index is -1.63. The number of fused-ring (bicyclic) bond motifs is 1. The molecule has 3 rings (SSSR count). The quantitative estimate of drug-likeness (QED) is 0.381. The van der Waals surface area contributed by atoms with Crippen LogP contribution >= 0.6 is 37.2 Å². The van der Waals surface area contributed by atoms with Gasteiger partial charge in [0.25, 0.3) is 0 Å². The Morgan fingerprint density at radius 1 is 0.792 bits per heavy atom. The fourth-order valence-electron chi connectivity index (χ4n) is 3.19. The first kappa shape index (κ1) is 26.1. The molecule has 24 heavy (non-hydrogen) atoms. The number of hydrogen-bond acceptors (Lipinski definition) is 0. The van der Waals surface area contributed by atoms with Crippen molar-refractivity contribution in [1.29, 1.82) is 0 Å². The van der Waals surface area contributed by atoms with E-state index in [4.69, 9.17) is 0 Å². The van der Waals surface area contributed by atoms with Gasteiger partial charge in [-0.15, -0.1) is 71.4 Å². The summed E-state index contributed by atoms with van der Waals surface area (Å²) < 4.78 is 0. The second kappa shape index (κ2) is 10.1. The summed E-state index contributed by atoms with van der Waals surface area (Å²) >= 11 is 0. The van der Waals surface area contributed by atoms with Crippen molar-refractivity contribution in [3.8, 4) is 0 Å². The van der Waals surface area contributed by atoms with Crippen LogP contribution in [-0.2, 0) is 21.7 Å². The summed E-state index contributed by atoms with van der Waals surface area (Å²) in [4.78, 5) is 0. The largest absolute Gasteiger partial charge is 0.168 e. The first-order valence-electron chi connectivity index (χ1n) is 7.22. The summed E-state index contributed by atoms with van der Waals surface area (Å²) in [7, 11) is -1.63. The molecule has 0 nitrogen and oxygen atoms in total. The van der Waals surface area contributed by atoms with Gasteiger partial charge in [0.2, 0.25) is 0 Å². The Balaban J connectivity index is 0. The van der Waals surface area contributed by atoms with E-state index in [0.717, 1.165) is 0 Å². The first-order chi connectivity index (χ1) is 9.48. The summed E-state index contributed by atoms with van der Waals surface area (Å²) in [5, 5.41) is 5.89. The zero-order valence-corrected chi connectivity index (χ0v) is 19.4. The molecule has 130 valence electrons. The van der Waals surface area contributed by atoms with Crippen LogP contribution in [0.5, 0.6) is 0 Å². The molecule has 3 aromatic carbocycles. The Bertz CT molecular complexity index is 761. The van der Waals surface area contributed by atoms with Crippen LogP contribution in [0.2, 0.25) is 13.1 Å². The average Bonchev–Trinajstić information content (AvgIpc) is 2.82. The maximum Gasteiger partial charge on any atom is 0.0660 e. The van der Waals surface area contributed by atoms with Gasteiger partial charge >= 0.3 is 0 Å². The van der Waals surface area contributed by atoms with E-state index in [1.54, 1.807) is 5.19 Å². The zero-order chi connectivity index (χ0) is 14.3. The molecule has 0 bridgehead atoms. The Hall–Kier alpha value is -0.149. The molecular formula is C19H24Cl3SiTi-. The van der Waals surface area contributed by atoms with E-state index in [-0.39, 0.29) is 58.9 Å². The van der Waals surface area contributed by atoms with Crippen molar-refractivity contribution in [3.05, 3.63) is 65.7 Å². The molecule has 0 heterocycles. The molecule has 0 aromatic heterocycles. The van der Waals surface area contributed by atoms with Gasteiger partial charge < -0.3 is 0 Å². The maximum absolute atomic E-state index is 2.46. The van der Waals surface area contributed by atoms with Gasteiger partial charge in [-0.25, -0.2) is 0 Å². The van der Waals surface area contributed by atoms with Crippen LogP contribution in [0.4, 0.5) is 0 Å². The number of halogens is 3. The molecule has 0 atom stereocenters. The molecule has 0 spiro atoms. The third-order valence-electron chi connectivity index (χ3n) is 4.30. The fourth-order valence-corrected chi connectivity index (χ4v) is 6.08. The number of benzene rings is 2. The molecular weight excluding hydrogens is 411 g/mol. The Labute approximate surface area is 179 Å². The Kier molecular flexibility index (Phi) is 11.0. The van der Waals surface area contributed by atoms with Crippen molar-refractivity contribution in [2.75, 3.05) is 0 Å². The molecule has 0 aliphatic carbocycles. The van der Waals surface area contributed by atoms with Gasteiger partial charge in [-0.3, -0.25) is 0 Å². The van der Waals surface area contributed by atoms with E-state index in [1.807, 2.05) is 0 Å². The van der Waals surface area contributed by atoms with Gasteiger partial charge in [-0.1, -0.05) is 53.7 Å². The molecule has 3 aromatic rings. The van der Waals surface area contributed by atoms with E-state index in [9.17, 15) is 0 Å². The molecule has 0 N–H and O–H groups in total. The van der Waals surface area contributed by atoms with Gasteiger partial charge in [-0.05, 0) is 13.8 Å². The Morgan fingerprint density at radius 3 is 1.92 bits per heavy atom. The van der Waals surface area contributed by atoms with Crippen LogP contribution in [-0.4, -0.2) is 8.07 Å². The molecule has 0 radical (unpaired) electrons. The van der Waals surface area contributed by atoms with E-state index in [2.05, 4.69) is 81.5 Å². The van der Waals surface area contributed by atoms with E-state index in [0.29, 0.717) is 0 Å². The van der Waals surface area contributed by atoms with Crippen LogP contribution in [0.1, 0.15) is 11.1 Å². The van der Waals surface area contributed by atoms with Crippen molar-refractivity contribution in [1.82, 2.24) is 0 Å². The number of aryl methyl sites for hydroxylation is 2. The average molecular weight is 435 g/mol. The van der Waals surface area contributed by atoms with E-state index >= 15 is 0 Å². The first-order valence-corrected chi connectivity index (χ1v) is 10.2. The molecule has 0 saturated heterocycles. The standard InChI is InChI=1S/C19H21Si.3ClH.Ti/c1-14-11-15(2)13-17(12-14)20(3,4)19-10-9-16-7-5-6-8-18(16)19;;;;/h5-13H,1-4H3;3*1H;/q-1;;;;. The van der Waals surface area contributed by atoms with Gasteiger partial charge in [-0.2, -0.15) is 12.1 Å². The number of rotatable bonds is 2. The van der Waals surface area contributed by atoms with E-state index in [1.165, 1.54) is 27.1 Å². The van der Waals surface area contributed by atoms with Gasteiger partial charge in [0.15, 0.2) is 0 Å². The van der Waals surface area contributed by atoms with Crippen molar-refractivity contribution >= 4 is 66.4 Å². The summed E-state index contributed by atoms with van der Waals surface area (Å²) in [5.74, 6) is 0. The second-order valence-electron chi connectivity index (χ2n) is 6.34. The number of hydrogen-bond donors (Lipinski definition) is 0. The third-order valence-corrected chi connectivity index (χ3v) is 7.81. The molecule has 0 fully saturated rings. The van der Waals surface area contributed by atoms with Crippen molar-refractivity contribution < 1.29 is 21.7 Å². The monoisotopic (exact) mass is 433 g/mol. The summed E-state index contributed by atoms with van der Waals surface area (Å²) in [6.07, 6.45) is 0. The SMILES string of the molecule is Cc1cc(C)cc([Si](C)(C)[c-]2ccc3ccccc32)c1.Cl.Cl.Cl.[Ti]. The minimum Gasteiger partial charge on any atom is -0.168 e. The molecule has 0 aliphatic rings. The van der Waals surface area contributed by atoms with Gasteiger partial charge in [0.1, 0.15) is 0 Å². The molecule has 0 saturated carbocycles. The van der Waals surface area contributed by atoms with Crippen LogP contribution in [0.3, 0.4) is 0 Å². The fraction of sp³-hybridized carbons (Fsp3) is 0.211. The molecule has 0 aliphatic heterocycles. The minimum absolute atomic E-state index is 0. The normalized spacial score (nSPS) is 10.0. The third kappa shape index (κ3) is 4.94. The predicted octanol–water partition coefficient (Wildman–Crippen LogP) is 5.26. The van der Waals surface area contributed by atoms with Gasteiger partial charge in [0, 0.05) is 21.7 Å². The summed E-state index contributed by atoms with van der Waals surface area (Å²) in [6.45, 7) is 9.32. The smallest absolute Gasteiger partial charge is 0.0660 e. The van der Waals surface area contributed by atoms with Crippen LogP contribution in [0.25, 0.3) is 10.8 Å². The summed E-state index contributed by atoms with van der Waals surface area (Å²) in [6, 6.07) is 20.4. The van der Waals surface area contributed by atoms with Crippen molar-refractivity contribution in [3.63, 3.8) is 0 Å². The van der Waals surface area contributed by atoms with E-state index < -0.39 is 8.07 Å². The molecule has 0 amide bonds. The van der Waals surface area contributed by atoms with Crippen LogP contribution in [0.15, 0.2) is 54.6 Å².